The minimum Gasteiger partial charge on any atom is -0.454 e. The number of amides is 1. The van der Waals surface area contributed by atoms with E-state index in [0.29, 0.717) is 17.3 Å². The third-order valence-corrected chi connectivity index (χ3v) is 4.47. The lowest BCUT2D eigenvalue weighted by molar-refractivity contribution is -0.124. The molecule has 0 bridgehead atoms. The van der Waals surface area contributed by atoms with Gasteiger partial charge in [-0.1, -0.05) is 6.07 Å². The van der Waals surface area contributed by atoms with E-state index in [2.05, 4.69) is 15.4 Å². The highest BCUT2D eigenvalue weighted by molar-refractivity contribution is 5.91. The van der Waals surface area contributed by atoms with Crippen molar-refractivity contribution < 1.29 is 23.8 Å². The van der Waals surface area contributed by atoms with E-state index in [0.717, 1.165) is 17.0 Å². The number of benzene rings is 1. The number of aryl methyl sites for hydroxylation is 2. The van der Waals surface area contributed by atoms with Crippen molar-refractivity contribution in [3.8, 4) is 17.3 Å². The molecule has 1 amide bonds. The van der Waals surface area contributed by atoms with E-state index in [1.54, 1.807) is 28.9 Å². The Bertz CT molecular complexity index is 1090. The Morgan fingerprint density at radius 1 is 1.13 bits per heavy atom. The molecule has 0 saturated carbocycles. The lowest BCUT2D eigenvalue weighted by Crippen LogP contribution is -2.28. The highest BCUT2D eigenvalue weighted by Crippen LogP contribution is 2.32. The molecule has 30 heavy (non-hydrogen) atoms. The van der Waals surface area contributed by atoms with E-state index >= 15 is 0 Å². The van der Waals surface area contributed by atoms with Crippen molar-refractivity contribution in [3.05, 3.63) is 65.1 Å². The summed E-state index contributed by atoms with van der Waals surface area (Å²) in [5.74, 6) is 0.883. The maximum absolute atomic E-state index is 12.2. The molecule has 0 fully saturated rings. The minimum absolute atomic E-state index is 0.193. The van der Waals surface area contributed by atoms with Gasteiger partial charge in [0.1, 0.15) is 0 Å². The third-order valence-electron chi connectivity index (χ3n) is 4.47. The maximum Gasteiger partial charge on any atom is 0.340 e. The van der Waals surface area contributed by atoms with Gasteiger partial charge < -0.3 is 19.5 Å². The van der Waals surface area contributed by atoms with Crippen LogP contribution in [-0.4, -0.2) is 40.0 Å². The molecule has 1 aliphatic heterocycles. The van der Waals surface area contributed by atoms with Crippen molar-refractivity contribution in [3.63, 3.8) is 0 Å². The Labute approximate surface area is 172 Å². The van der Waals surface area contributed by atoms with Crippen molar-refractivity contribution in [2.45, 2.75) is 20.4 Å². The van der Waals surface area contributed by atoms with Crippen LogP contribution in [0.1, 0.15) is 27.3 Å². The summed E-state index contributed by atoms with van der Waals surface area (Å²) in [5.41, 5.74) is 2.92. The number of carbonyl (C=O) groups is 2. The number of fused-ring (bicyclic) bond motifs is 1. The summed E-state index contributed by atoms with van der Waals surface area (Å²) in [5, 5.41) is 7.05. The van der Waals surface area contributed by atoms with Gasteiger partial charge in [-0.3, -0.25) is 4.79 Å². The van der Waals surface area contributed by atoms with E-state index in [4.69, 9.17) is 14.2 Å². The van der Waals surface area contributed by atoms with Gasteiger partial charge in [0.25, 0.3) is 5.91 Å². The molecule has 0 aliphatic carbocycles. The van der Waals surface area contributed by atoms with E-state index in [9.17, 15) is 9.59 Å². The summed E-state index contributed by atoms with van der Waals surface area (Å²) in [6.07, 6.45) is 1.40. The monoisotopic (exact) mass is 408 g/mol. The minimum atomic E-state index is -0.624. The Kier molecular flexibility index (Phi) is 5.34. The number of pyridine rings is 1. The van der Waals surface area contributed by atoms with Gasteiger partial charge in [0, 0.05) is 18.4 Å². The fourth-order valence-electron chi connectivity index (χ4n) is 3.01. The molecule has 0 radical (unpaired) electrons. The van der Waals surface area contributed by atoms with Crippen LogP contribution in [0.4, 0.5) is 0 Å². The molecule has 9 heteroatoms. The fraction of sp³-hybridized carbons (Fsp3) is 0.238. The molecule has 1 N–H and O–H groups in total. The molecule has 0 spiro atoms. The molecular formula is C21H20N4O5. The second-order valence-electron chi connectivity index (χ2n) is 6.78. The van der Waals surface area contributed by atoms with Crippen LogP contribution < -0.4 is 14.8 Å². The first kappa shape index (κ1) is 19.4. The van der Waals surface area contributed by atoms with E-state index < -0.39 is 11.9 Å². The van der Waals surface area contributed by atoms with Crippen LogP contribution >= 0.6 is 0 Å². The van der Waals surface area contributed by atoms with Crippen molar-refractivity contribution in [1.29, 1.82) is 0 Å². The molecule has 0 atom stereocenters. The average Bonchev–Trinajstić information content (AvgIpc) is 3.35. The number of aromatic nitrogens is 3. The van der Waals surface area contributed by atoms with Crippen molar-refractivity contribution in [2.75, 3.05) is 13.4 Å². The largest absolute Gasteiger partial charge is 0.454 e. The highest BCUT2D eigenvalue weighted by Gasteiger charge is 2.15. The van der Waals surface area contributed by atoms with Crippen LogP contribution in [0.15, 0.2) is 42.6 Å². The van der Waals surface area contributed by atoms with Crippen molar-refractivity contribution in [1.82, 2.24) is 20.1 Å². The number of hydrogen-bond donors (Lipinski definition) is 1. The van der Waals surface area contributed by atoms with Gasteiger partial charge in [0.05, 0.1) is 11.3 Å². The first-order chi connectivity index (χ1) is 14.5. The summed E-state index contributed by atoms with van der Waals surface area (Å²) >= 11 is 0. The fourth-order valence-corrected chi connectivity index (χ4v) is 3.01. The first-order valence-corrected chi connectivity index (χ1v) is 9.31. The van der Waals surface area contributed by atoms with Crippen molar-refractivity contribution >= 4 is 11.9 Å². The molecule has 0 saturated heterocycles. The zero-order valence-corrected chi connectivity index (χ0v) is 16.5. The summed E-state index contributed by atoms with van der Waals surface area (Å²) in [6, 6.07) is 10.6. The standard InChI is InChI=1S/C21H20N4O5/c1-13-7-14(2)25(24-13)19-6-4-16(10-22-19)21(27)28-11-20(26)23-9-15-3-5-17-18(8-15)30-12-29-17/h3-8,10H,9,11-12H2,1-2H3,(H,23,26). The topological polar surface area (TPSA) is 105 Å². The van der Waals surface area contributed by atoms with Gasteiger partial charge in [-0.05, 0) is 49.7 Å². The van der Waals surface area contributed by atoms with Crippen LogP contribution in [0.5, 0.6) is 11.5 Å². The van der Waals surface area contributed by atoms with Gasteiger partial charge in [-0.15, -0.1) is 0 Å². The molecule has 1 aliphatic rings. The molecule has 9 nitrogen and oxygen atoms in total. The van der Waals surface area contributed by atoms with Crippen LogP contribution in [0.25, 0.3) is 5.82 Å². The Morgan fingerprint density at radius 2 is 1.97 bits per heavy atom. The number of esters is 1. The van der Waals surface area contributed by atoms with Gasteiger partial charge in [-0.2, -0.15) is 5.10 Å². The average molecular weight is 408 g/mol. The van der Waals surface area contributed by atoms with Gasteiger partial charge >= 0.3 is 5.97 Å². The predicted octanol–water partition coefficient (Wildman–Crippen LogP) is 2.09. The van der Waals surface area contributed by atoms with Gasteiger partial charge in [0.15, 0.2) is 23.9 Å². The lowest BCUT2D eigenvalue weighted by atomic mass is 10.2. The van der Waals surface area contributed by atoms with E-state index in [-0.39, 0.29) is 25.5 Å². The zero-order chi connectivity index (χ0) is 21.1. The SMILES string of the molecule is Cc1cc(C)n(-c2ccc(C(=O)OCC(=O)NCc3ccc4c(c3)OCO4)cn2)n1. The number of rotatable bonds is 6. The Balaban J connectivity index is 1.27. The van der Waals surface area contributed by atoms with Crippen LogP contribution in [0.2, 0.25) is 0 Å². The van der Waals surface area contributed by atoms with Gasteiger partial charge in [-0.25, -0.2) is 14.5 Å². The zero-order valence-electron chi connectivity index (χ0n) is 16.5. The molecule has 2 aromatic heterocycles. The van der Waals surface area contributed by atoms with Crippen LogP contribution in [0.3, 0.4) is 0 Å². The van der Waals surface area contributed by atoms with Gasteiger partial charge in [0.2, 0.25) is 6.79 Å². The Morgan fingerprint density at radius 3 is 2.70 bits per heavy atom. The number of nitrogens with zero attached hydrogens (tertiary/aromatic N) is 3. The molecular weight excluding hydrogens is 388 g/mol. The molecule has 1 aromatic carbocycles. The van der Waals surface area contributed by atoms with E-state index in [1.807, 2.05) is 26.0 Å². The molecule has 3 aromatic rings. The maximum atomic E-state index is 12.2. The van der Waals surface area contributed by atoms with Crippen LogP contribution in [-0.2, 0) is 16.1 Å². The third kappa shape index (κ3) is 4.24. The highest BCUT2D eigenvalue weighted by atomic mass is 16.7. The summed E-state index contributed by atoms with van der Waals surface area (Å²) in [7, 11) is 0. The molecule has 0 unspecified atom stereocenters. The summed E-state index contributed by atoms with van der Waals surface area (Å²) < 4.78 is 17.3. The number of hydrogen-bond acceptors (Lipinski definition) is 7. The number of nitrogens with one attached hydrogen (secondary N) is 1. The second kappa shape index (κ2) is 8.24. The summed E-state index contributed by atoms with van der Waals surface area (Å²) in [6.45, 7) is 3.91. The van der Waals surface area contributed by atoms with Crippen molar-refractivity contribution in [2.24, 2.45) is 0 Å². The predicted molar refractivity (Wildman–Crippen MR) is 106 cm³/mol. The normalized spacial score (nSPS) is 11.9. The van der Waals surface area contributed by atoms with Crippen LogP contribution in [0, 0.1) is 13.8 Å². The molecule has 4 rings (SSSR count). The number of carbonyl (C=O) groups excluding carboxylic acids is 2. The summed E-state index contributed by atoms with van der Waals surface area (Å²) in [4.78, 5) is 28.4. The second-order valence-corrected chi connectivity index (χ2v) is 6.78. The smallest absolute Gasteiger partial charge is 0.340 e. The Hall–Kier alpha value is -3.88. The molecule has 3 heterocycles. The quantitative estimate of drug-likeness (QED) is 0.623. The first-order valence-electron chi connectivity index (χ1n) is 9.31. The van der Waals surface area contributed by atoms with E-state index in [1.165, 1.54) is 6.20 Å². The number of ether oxygens (including phenoxy) is 3. The molecule has 154 valence electrons. The lowest BCUT2D eigenvalue weighted by Gasteiger charge is -2.08.